The van der Waals surface area contributed by atoms with Crippen LogP contribution in [0.4, 0.5) is 13.2 Å². The van der Waals surface area contributed by atoms with E-state index in [9.17, 15) is 13.2 Å². The molecule has 1 atom stereocenters. The molecule has 0 heterocycles. The highest BCUT2D eigenvalue weighted by Crippen LogP contribution is 2.23. The van der Waals surface area contributed by atoms with E-state index in [1.165, 1.54) is 18.2 Å². The smallest absolute Gasteiger partial charge is 0.126 e. The number of halogens is 3. The molecule has 20 heavy (non-hydrogen) atoms. The molecule has 1 unspecified atom stereocenters. The highest BCUT2D eigenvalue weighted by Gasteiger charge is 2.16. The number of hydrogen-bond acceptors (Lipinski definition) is 1. The Morgan fingerprint density at radius 3 is 2.25 bits per heavy atom. The van der Waals surface area contributed by atoms with Crippen LogP contribution in [0.1, 0.15) is 17.0 Å². The average molecular weight is 279 g/mol. The van der Waals surface area contributed by atoms with Crippen LogP contribution in [-0.2, 0) is 6.42 Å². The summed E-state index contributed by atoms with van der Waals surface area (Å²) in [5.41, 5.74) is 1.07. The van der Waals surface area contributed by atoms with Gasteiger partial charge in [-0.2, -0.15) is 0 Å². The van der Waals surface area contributed by atoms with E-state index in [2.05, 4.69) is 5.32 Å². The second-order valence-corrected chi connectivity index (χ2v) is 4.76. The van der Waals surface area contributed by atoms with Gasteiger partial charge in [0.15, 0.2) is 0 Å². The van der Waals surface area contributed by atoms with Crippen molar-refractivity contribution in [2.75, 3.05) is 13.6 Å². The number of benzene rings is 2. The van der Waals surface area contributed by atoms with Crippen molar-refractivity contribution in [3.8, 4) is 0 Å². The first kappa shape index (κ1) is 14.6. The Kier molecular flexibility index (Phi) is 4.79. The van der Waals surface area contributed by atoms with Crippen LogP contribution in [0, 0.1) is 17.5 Å². The lowest BCUT2D eigenvalue weighted by Gasteiger charge is -2.18. The van der Waals surface area contributed by atoms with Crippen molar-refractivity contribution in [1.82, 2.24) is 5.32 Å². The first-order valence-electron chi connectivity index (χ1n) is 6.44. The summed E-state index contributed by atoms with van der Waals surface area (Å²) < 4.78 is 40.3. The standard InChI is InChI=1S/C16H16F3N/c1-20-10-12(15-4-2-3-5-16(15)19)6-11-7-13(17)9-14(18)8-11/h2-5,7-9,12,20H,6,10H2,1H3. The Labute approximate surface area is 116 Å². The third-order valence-electron chi connectivity index (χ3n) is 3.20. The molecule has 0 aliphatic heterocycles. The van der Waals surface area contributed by atoms with Gasteiger partial charge in [-0.3, -0.25) is 0 Å². The third-order valence-corrected chi connectivity index (χ3v) is 3.20. The van der Waals surface area contributed by atoms with Crippen LogP contribution in [0.15, 0.2) is 42.5 Å². The van der Waals surface area contributed by atoms with Gasteiger partial charge in [0.2, 0.25) is 0 Å². The average Bonchev–Trinajstić information content (AvgIpc) is 2.37. The normalized spacial score (nSPS) is 12.4. The highest BCUT2D eigenvalue weighted by molar-refractivity contribution is 5.26. The predicted molar refractivity (Wildman–Crippen MR) is 73.1 cm³/mol. The van der Waals surface area contributed by atoms with Crippen LogP contribution in [0.5, 0.6) is 0 Å². The topological polar surface area (TPSA) is 12.0 Å². The van der Waals surface area contributed by atoms with E-state index in [4.69, 9.17) is 0 Å². The molecule has 0 fully saturated rings. The molecule has 4 heteroatoms. The fraction of sp³-hybridized carbons (Fsp3) is 0.250. The molecule has 0 radical (unpaired) electrons. The van der Waals surface area contributed by atoms with Gasteiger partial charge in [0.25, 0.3) is 0 Å². The molecule has 1 nitrogen and oxygen atoms in total. The largest absolute Gasteiger partial charge is 0.319 e. The molecule has 0 aromatic heterocycles. The number of nitrogens with one attached hydrogen (secondary N) is 1. The van der Waals surface area contributed by atoms with Crippen molar-refractivity contribution < 1.29 is 13.2 Å². The van der Waals surface area contributed by atoms with E-state index in [0.717, 1.165) is 6.07 Å². The third kappa shape index (κ3) is 3.61. The summed E-state index contributed by atoms with van der Waals surface area (Å²) in [6.07, 6.45) is 0.371. The molecule has 0 saturated carbocycles. The first-order chi connectivity index (χ1) is 9.60. The van der Waals surface area contributed by atoms with Crippen LogP contribution in [0.3, 0.4) is 0 Å². The lowest BCUT2D eigenvalue weighted by Crippen LogP contribution is -2.20. The zero-order chi connectivity index (χ0) is 14.5. The van der Waals surface area contributed by atoms with E-state index in [1.54, 1.807) is 25.2 Å². The Balaban J connectivity index is 2.28. The van der Waals surface area contributed by atoms with Crippen LogP contribution < -0.4 is 5.32 Å². The van der Waals surface area contributed by atoms with E-state index >= 15 is 0 Å². The minimum Gasteiger partial charge on any atom is -0.319 e. The van der Waals surface area contributed by atoms with Crippen molar-refractivity contribution in [1.29, 1.82) is 0 Å². The molecule has 1 N–H and O–H groups in total. The zero-order valence-electron chi connectivity index (χ0n) is 11.2. The monoisotopic (exact) mass is 279 g/mol. The van der Waals surface area contributed by atoms with E-state index in [1.807, 2.05) is 0 Å². The maximum absolute atomic E-state index is 13.8. The van der Waals surface area contributed by atoms with Crippen molar-refractivity contribution in [3.05, 3.63) is 71.0 Å². The molecular formula is C16H16F3N. The SMILES string of the molecule is CNCC(Cc1cc(F)cc(F)c1)c1ccccc1F. The number of likely N-dealkylation sites (N-methyl/N-ethyl adjacent to an activating group) is 1. The summed E-state index contributed by atoms with van der Waals surface area (Å²) in [6.45, 7) is 0.527. The molecule has 0 bridgehead atoms. The lowest BCUT2D eigenvalue weighted by molar-refractivity contribution is 0.549. The summed E-state index contributed by atoms with van der Waals surface area (Å²) in [4.78, 5) is 0. The molecule has 0 aliphatic carbocycles. The van der Waals surface area contributed by atoms with Gasteiger partial charge in [-0.15, -0.1) is 0 Å². The van der Waals surface area contributed by atoms with Gasteiger partial charge >= 0.3 is 0 Å². The van der Waals surface area contributed by atoms with Crippen molar-refractivity contribution in [2.24, 2.45) is 0 Å². The first-order valence-corrected chi connectivity index (χ1v) is 6.44. The Morgan fingerprint density at radius 2 is 1.65 bits per heavy atom. The van der Waals surface area contributed by atoms with Crippen LogP contribution >= 0.6 is 0 Å². The predicted octanol–water partition coefficient (Wildman–Crippen LogP) is 3.65. The number of hydrogen-bond donors (Lipinski definition) is 1. The molecule has 2 aromatic rings. The van der Waals surface area contributed by atoms with Gasteiger partial charge in [0.1, 0.15) is 17.5 Å². The summed E-state index contributed by atoms with van der Waals surface area (Å²) in [7, 11) is 1.76. The van der Waals surface area contributed by atoms with Gasteiger partial charge < -0.3 is 5.32 Å². The second kappa shape index (κ2) is 6.57. The fourth-order valence-corrected chi connectivity index (χ4v) is 2.36. The van der Waals surface area contributed by atoms with Crippen molar-refractivity contribution in [2.45, 2.75) is 12.3 Å². The summed E-state index contributed by atoms with van der Waals surface area (Å²) in [5.74, 6) is -1.71. The van der Waals surface area contributed by atoms with Crippen LogP contribution in [0.2, 0.25) is 0 Å². The van der Waals surface area contributed by atoms with Gasteiger partial charge in [-0.1, -0.05) is 18.2 Å². The zero-order valence-corrected chi connectivity index (χ0v) is 11.2. The van der Waals surface area contributed by atoms with Crippen molar-refractivity contribution >= 4 is 0 Å². The molecule has 0 saturated heterocycles. The summed E-state index contributed by atoms with van der Waals surface area (Å²) in [6, 6.07) is 9.88. The molecule has 0 spiro atoms. The van der Waals surface area contributed by atoms with Crippen LogP contribution in [0.25, 0.3) is 0 Å². The molecule has 0 aliphatic rings. The fourth-order valence-electron chi connectivity index (χ4n) is 2.36. The Hall–Kier alpha value is -1.81. The summed E-state index contributed by atoms with van der Waals surface area (Å²) in [5, 5.41) is 2.99. The molecule has 2 rings (SSSR count). The van der Waals surface area contributed by atoms with Gasteiger partial charge in [-0.05, 0) is 42.8 Å². The minimum atomic E-state index is -0.614. The molecule has 0 amide bonds. The molecule has 2 aromatic carbocycles. The van der Waals surface area contributed by atoms with E-state index < -0.39 is 11.6 Å². The second-order valence-electron chi connectivity index (χ2n) is 4.76. The van der Waals surface area contributed by atoms with Gasteiger partial charge in [-0.25, -0.2) is 13.2 Å². The highest BCUT2D eigenvalue weighted by atomic mass is 19.1. The van der Waals surface area contributed by atoms with E-state index in [-0.39, 0.29) is 11.7 Å². The maximum atomic E-state index is 13.8. The Morgan fingerprint density at radius 1 is 1.00 bits per heavy atom. The quantitative estimate of drug-likeness (QED) is 0.881. The molecule has 106 valence electrons. The lowest BCUT2D eigenvalue weighted by atomic mass is 9.91. The maximum Gasteiger partial charge on any atom is 0.126 e. The van der Waals surface area contributed by atoms with Crippen molar-refractivity contribution in [3.63, 3.8) is 0 Å². The molecular weight excluding hydrogens is 263 g/mol. The van der Waals surface area contributed by atoms with Gasteiger partial charge in [0, 0.05) is 18.5 Å². The minimum absolute atomic E-state index is 0.178. The van der Waals surface area contributed by atoms with Crippen LogP contribution in [-0.4, -0.2) is 13.6 Å². The number of rotatable bonds is 5. The van der Waals surface area contributed by atoms with E-state index in [0.29, 0.717) is 24.1 Å². The Bertz CT molecular complexity index is 563. The van der Waals surface area contributed by atoms with Gasteiger partial charge in [0.05, 0.1) is 0 Å². The summed E-state index contributed by atoms with van der Waals surface area (Å²) >= 11 is 0.